The molecular formula is C9H15NO. The van der Waals surface area contributed by atoms with E-state index < -0.39 is 0 Å². The summed E-state index contributed by atoms with van der Waals surface area (Å²) >= 11 is 0. The molecule has 0 saturated carbocycles. The summed E-state index contributed by atoms with van der Waals surface area (Å²) in [5.41, 5.74) is 2.20. The van der Waals surface area contributed by atoms with E-state index in [9.17, 15) is 0 Å². The van der Waals surface area contributed by atoms with Gasteiger partial charge in [0.2, 0.25) is 0 Å². The number of aliphatic hydroxyl groups is 1. The van der Waals surface area contributed by atoms with Crippen molar-refractivity contribution >= 4 is 0 Å². The summed E-state index contributed by atoms with van der Waals surface area (Å²) in [6, 6.07) is 2.45. The largest absolute Gasteiger partial charge is 0.392 e. The molecule has 1 aromatic rings. The molecule has 0 aliphatic heterocycles. The lowest BCUT2D eigenvalue weighted by Crippen LogP contribution is -2.01. The van der Waals surface area contributed by atoms with Crippen molar-refractivity contribution in [2.24, 2.45) is 0 Å². The van der Waals surface area contributed by atoms with Crippen molar-refractivity contribution in [1.29, 1.82) is 0 Å². The van der Waals surface area contributed by atoms with Gasteiger partial charge in [0.1, 0.15) is 0 Å². The number of hydrogen-bond acceptors (Lipinski definition) is 1. The Morgan fingerprint density at radius 1 is 1.55 bits per heavy atom. The van der Waals surface area contributed by atoms with Gasteiger partial charge in [-0.05, 0) is 32.4 Å². The van der Waals surface area contributed by atoms with E-state index in [0.717, 1.165) is 5.56 Å². The lowest BCUT2D eigenvalue weighted by atomic mass is 10.2. The minimum absolute atomic E-state index is 0.144. The Morgan fingerprint density at radius 3 is 2.45 bits per heavy atom. The zero-order valence-electron chi connectivity index (χ0n) is 7.33. The van der Waals surface area contributed by atoms with Crippen molar-refractivity contribution in [1.82, 2.24) is 4.57 Å². The highest BCUT2D eigenvalue weighted by Gasteiger charge is 2.04. The number of aliphatic hydroxyl groups excluding tert-OH is 1. The van der Waals surface area contributed by atoms with Crippen LogP contribution in [0.4, 0.5) is 0 Å². The van der Waals surface area contributed by atoms with Crippen LogP contribution < -0.4 is 0 Å². The number of rotatable bonds is 2. The second-order valence-corrected chi connectivity index (χ2v) is 3.09. The van der Waals surface area contributed by atoms with Gasteiger partial charge in [0.15, 0.2) is 0 Å². The Labute approximate surface area is 67.5 Å². The average Bonchev–Trinajstić information content (AvgIpc) is 2.30. The van der Waals surface area contributed by atoms with Crippen molar-refractivity contribution in [3.8, 4) is 0 Å². The van der Waals surface area contributed by atoms with Crippen LogP contribution in [0.15, 0.2) is 12.3 Å². The van der Waals surface area contributed by atoms with Crippen molar-refractivity contribution in [2.45, 2.75) is 33.4 Å². The first-order valence-electron chi connectivity index (χ1n) is 3.94. The molecule has 0 aliphatic carbocycles. The van der Waals surface area contributed by atoms with E-state index in [1.54, 1.807) is 0 Å². The summed E-state index contributed by atoms with van der Waals surface area (Å²) in [5.74, 6) is 0. The molecule has 0 bridgehead atoms. The molecule has 2 nitrogen and oxygen atoms in total. The van der Waals surface area contributed by atoms with Crippen LogP contribution in [0, 0.1) is 6.92 Å². The van der Waals surface area contributed by atoms with Crippen molar-refractivity contribution in [2.75, 3.05) is 0 Å². The summed E-state index contributed by atoms with van der Waals surface area (Å²) in [7, 11) is 0. The quantitative estimate of drug-likeness (QED) is 0.689. The van der Waals surface area contributed by atoms with E-state index in [4.69, 9.17) is 5.11 Å². The molecule has 2 heteroatoms. The molecule has 0 radical (unpaired) electrons. The van der Waals surface area contributed by atoms with E-state index in [1.807, 2.05) is 19.2 Å². The maximum absolute atomic E-state index is 8.90. The zero-order valence-corrected chi connectivity index (χ0v) is 7.33. The lowest BCUT2D eigenvalue weighted by molar-refractivity contribution is 0.280. The number of aromatic nitrogens is 1. The standard InChI is InChI=1S/C9H15NO/c1-7(2)10-5-4-9(6-11)8(10)3/h4-5,7,11H,6H2,1-3H3. The summed E-state index contributed by atoms with van der Waals surface area (Å²) in [4.78, 5) is 0. The SMILES string of the molecule is Cc1c(CO)ccn1C(C)C. The Kier molecular flexibility index (Phi) is 2.35. The van der Waals surface area contributed by atoms with Crippen molar-refractivity contribution < 1.29 is 5.11 Å². The fraction of sp³-hybridized carbons (Fsp3) is 0.556. The maximum Gasteiger partial charge on any atom is 0.0699 e. The van der Waals surface area contributed by atoms with E-state index >= 15 is 0 Å². The molecule has 1 aromatic heterocycles. The first kappa shape index (κ1) is 8.34. The van der Waals surface area contributed by atoms with Crippen LogP contribution in [-0.4, -0.2) is 9.67 Å². The average molecular weight is 153 g/mol. The van der Waals surface area contributed by atoms with Crippen molar-refractivity contribution in [3.05, 3.63) is 23.5 Å². The smallest absolute Gasteiger partial charge is 0.0699 e. The molecule has 0 spiro atoms. The molecule has 0 amide bonds. The van der Waals surface area contributed by atoms with Crippen LogP contribution in [0.2, 0.25) is 0 Å². The van der Waals surface area contributed by atoms with Gasteiger partial charge in [-0.3, -0.25) is 0 Å². The normalized spacial score (nSPS) is 11.0. The van der Waals surface area contributed by atoms with Gasteiger partial charge in [0.05, 0.1) is 6.61 Å². The summed E-state index contributed by atoms with van der Waals surface area (Å²) in [5, 5.41) is 8.90. The predicted molar refractivity (Wildman–Crippen MR) is 45.5 cm³/mol. The Hall–Kier alpha value is -0.760. The lowest BCUT2D eigenvalue weighted by Gasteiger charge is -2.10. The summed E-state index contributed by atoms with van der Waals surface area (Å²) in [6.07, 6.45) is 2.02. The van der Waals surface area contributed by atoms with Gasteiger partial charge >= 0.3 is 0 Å². The zero-order chi connectivity index (χ0) is 8.43. The van der Waals surface area contributed by atoms with E-state index in [0.29, 0.717) is 6.04 Å². The van der Waals surface area contributed by atoms with Crippen LogP contribution >= 0.6 is 0 Å². The third kappa shape index (κ3) is 1.46. The highest BCUT2D eigenvalue weighted by Crippen LogP contribution is 2.14. The first-order valence-corrected chi connectivity index (χ1v) is 3.94. The molecule has 0 aliphatic rings. The van der Waals surface area contributed by atoms with Crippen LogP contribution in [0.5, 0.6) is 0 Å². The minimum Gasteiger partial charge on any atom is -0.392 e. The maximum atomic E-state index is 8.90. The van der Waals surface area contributed by atoms with Gasteiger partial charge in [-0.15, -0.1) is 0 Å². The van der Waals surface area contributed by atoms with E-state index in [1.165, 1.54) is 5.69 Å². The fourth-order valence-electron chi connectivity index (χ4n) is 1.30. The van der Waals surface area contributed by atoms with Gasteiger partial charge in [0.25, 0.3) is 0 Å². The highest BCUT2D eigenvalue weighted by atomic mass is 16.3. The molecule has 62 valence electrons. The fourth-order valence-corrected chi connectivity index (χ4v) is 1.30. The van der Waals surface area contributed by atoms with Gasteiger partial charge in [0, 0.05) is 17.9 Å². The summed E-state index contributed by atoms with van der Waals surface area (Å²) < 4.78 is 2.16. The van der Waals surface area contributed by atoms with Gasteiger partial charge in [-0.2, -0.15) is 0 Å². The number of nitrogens with zero attached hydrogens (tertiary/aromatic N) is 1. The summed E-state index contributed by atoms with van der Waals surface area (Å²) in [6.45, 7) is 6.44. The Bertz CT molecular complexity index is 238. The second-order valence-electron chi connectivity index (χ2n) is 3.09. The van der Waals surface area contributed by atoms with Crippen LogP contribution in [-0.2, 0) is 6.61 Å². The Balaban J connectivity index is 3.00. The predicted octanol–water partition coefficient (Wildman–Crippen LogP) is 1.87. The van der Waals surface area contributed by atoms with Gasteiger partial charge < -0.3 is 9.67 Å². The van der Waals surface area contributed by atoms with Crippen LogP contribution in [0.1, 0.15) is 31.1 Å². The van der Waals surface area contributed by atoms with Crippen molar-refractivity contribution in [3.63, 3.8) is 0 Å². The third-order valence-electron chi connectivity index (χ3n) is 2.02. The first-order chi connectivity index (χ1) is 5.16. The molecular weight excluding hydrogens is 138 g/mol. The highest BCUT2D eigenvalue weighted by molar-refractivity contribution is 5.20. The molecule has 0 atom stereocenters. The molecule has 0 unspecified atom stereocenters. The topological polar surface area (TPSA) is 25.2 Å². The van der Waals surface area contributed by atoms with Gasteiger partial charge in [-0.25, -0.2) is 0 Å². The monoisotopic (exact) mass is 153 g/mol. The molecule has 11 heavy (non-hydrogen) atoms. The molecule has 1 N–H and O–H groups in total. The van der Waals surface area contributed by atoms with Gasteiger partial charge in [-0.1, -0.05) is 0 Å². The molecule has 0 saturated heterocycles. The number of hydrogen-bond donors (Lipinski definition) is 1. The van der Waals surface area contributed by atoms with E-state index in [-0.39, 0.29) is 6.61 Å². The molecule has 0 fully saturated rings. The third-order valence-corrected chi connectivity index (χ3v) is 2.02. The minimum atomic E-state index is 0.144. The Morgan fingerprint density at radius 2 is 2.18 bits per heavy atom. The molecule has 1 rings (SSSR count). The van der Waals surface area contributed by atoms with Crippen LogP contribution in [0.25, 0.3) is 0 Å². The van der Waals surface area contributed by atoms with Crippen LogP contribution in [0.3, 0.4) is 0 Å². The second kappa shape index (κ2) is 3.09. The molecule has 0 aromatic carbocycles. The van der Waals surface area contributed by atoms with E-state index in [2.05, 4.69) is 18.4 Å². The molecule has 1 heterocycles.